The van der Waals surface area contributed by atoms with Crippen LogP contribution in [-0.4, -0.2) is 61.3 Å². The number of aliphatic hydroxyl groups excluding tert-OH is 2. The lowest BCUT2D eigenvalue weighted by atomic mass is 10.0. The molecule has 0 bridgehead atoms. The molecule has 180 valence electrons. The van der Waals surface area contributed by atoms with Crippen molar-refractivity contribution in [1.82, 2.24) is 0 Å². The summed E-state index contributed by atoms with van der Waals surface area (Å²) < 4.78 is 64.0. The number of aryl methyl sites for hydroxylation is 1. The smallest absolute Gasteiger partial charge is 0.297 e. The van der Waals surface area contributed by atoms with Gasteiger partial charge in [0.25, 0.3) is 17.5 Å². The fourth-order valence-electron chi connectivity index (χ4n) is 4.02. The van der Waals surface area contributed by atoms with Crippen molar-refractivity contribution in [3.05, 3.63) is 60.2 Å². The van der Waals surface area contributed by atoms with Crippen LogP contribution in [0.1, 0.15) is 19.4 Å². The first-order valence-corrected chi connectivity index (χ1v) is 13.6. The molecule has 0 aromatic heterocycles. The Kier molecular flexibility index (Phi) is 6.58. The molecule has 2 saturated heterocycles. The zero-order chi connectivity index (χ0) is 24.0. The molecular formula is C22H27O9PS. The summed E-state index contributed by atoms with van der Waals surface area (Å²) in [5.41, 5.74) is 0.861. The second kappa shape index (κ2) is 8.87. The second-order valence-electron chi connectivity index (χ2n) is 8.57. The highest BCUT2D eigenvalue weighted by Crippen LogP contribution is 2.61. The molecule has 4 rings (SSSR count). The number of hydrogen-bond donors (Lipinski definition) is 2. The van der Waals surface area contributed by atoms with Crippen LogP contribution in [0.3, 0.4) is 0 Å². The van der Waals surface area contributed by atoms with E-state index in [4.69, 9.17) is 18.2 Å². The zero-order valence-corrected chi connectivity index (χ0v) is 20.1. The molecule has 2 aliphatic rings. The molecule has 9 nitrogen and oxygen atoms in total. The molecule has 0 radical (unpaired) electrons. The van der Waals surface area contributed by atoms with Crippen molar-refractivity contribution in [3.8, 4) is 0 Å². The highest BCUT2D eigenvalue weighted by Gasteiger charge is 2.63. The minimum absolute atomic E-state index is 0.111. The van der Waals surface area contributed by atoms with E-state index in [9.17, 15) is 23.2 Å². The van der Waals surface area contributed by atoms with Gasteiger partial charge < -0.3 is 24.2 Å². The highest BCUT2D eigenvalue weighted by molar-refractivity contribution is 7.87. The van der Waals surface area contributed by atoms with Gasteiger partial charge in [-0.1, -0.05) is 35.9 Å². The van der Waals surface area contributed by atoms with Crippen molar-refractivity contribution < 1.29 is 41.4 Å². The quantitative estimate of drug-likeness (QED) is 0.453. The average molecular weight is 498 g/mol. The van der Waals surface area contributed by atoms with Crippen molar-refractivity contribution in [1.29, 1.82) is 0 Å². The lowest BCUT2D eigenvalue weighted by molar-refractivity contribution is -0.159. The molecule has 0 spiro atoms. The summed E-state index contributed by atoms with van der Waals surface area (Å²) in [6.07, 6.45) is -4.88. The van der Waals surface area contributed by atoms with Gasteiger partial charge in [0.2, 0.25) is 0 Å². The van der Waals surface area contributed by atoms with Crippen LogP contribution in [0.2, 0.25) is 0 Å². The first kappa shape index (κ1) is 24.5. The molecule has 2 aromatic carbocycles. The minimum atomic E-state index is -4.37. The maximum Gasteiger partial charge on any atom is 0.297 e. The maximum atomic E-state index is 14.4. The Morgan fingerprint density at radius 1 is 1.06 bits per heavy atom. The predicted molar refractivity (Wildman–Crippen MR) is 119 cm³/mol. The Morgan fingerprint density at radius 3 is 2.27 bits per heavy atom. The Balaban J connectivity index is 1.82. The Morgan fingerprint density at radius 2 is 1.67 bits per heavy atom. The average Bonchev–Trinajstić information content (AvgIpc) is 3.11. The van der Waals surface area contributed by atoms with Crippen molar-refractivity contribution in [2.24, 2.45) is 0 Å². The molecule has 0 aliphatic carbocycles. The molecule has 0 amide bonds. The predicted octanol–water partition coefficient (Wildman–Crippen LogP) is 1.90. The van der Waals surface area contributed by atoms with E-state index in [1.807, 2.05) is 6.92 Å². The number of aliphatic hydroxyl groups is 2. The maximum absolute atomic E-state index is 14.4. The summed E-state index contributed by atoms with van der Waals surface area (Å²) in [7, 11) is -8.50. The number of fused-ring (bicyclic) bond motifs is 1. The topological polar surface area (TPSA) is 129 Å². The number of hydrogen-bond acceptors (Lipinski definition) is 9. The third-order valence-corrected chi connectivity index (χ3v) is 9.70. The Bertz CT molecular complexity index is 1130. The van der Waals surface area contributed by atoms with Gasteiger partial charge in [0, 0.05) is 5.30 Å². The summed E-state index contributed by atoms with van der Waals surface area (Å²) in [4.78, 5) is -0.111. The van der Waals surface area contributed by atoms with Crippen molar-refractivity contribution >= 4 is 22.8 Å². The summed E-state index contributed by atoms with van der Waals surface area (Å²) in [5.74, 6) is -2.78. The molecule has 6 atom stereocenters. The van der Waals surface area contributed by atoms with E-state index >= 15 is 0 Å². The lowest BCUT2D eigenvalue weighted by Gasteiger charge is -2.42. The van der Waals surface area contributed by atoms with Gasteiger partial charge in [0.1, 0.15) is 24.4 Å². The summed E-state index contributed by atoms with van der Waals surface area (Å²) in [5, 5.41) is 20.2. The second-order valence-corrected chi connectivity index (χ2v) is 12.6. The monoisotopic (exact) mass is 498 g/mol. The van der Waals surface area contributed by atoms with E-state index in [2.05, 4.69) is 0 Å². The van der Waals surface area contributed by atoms with E-state index in [1.54, 1.807) is 44.2 Å². The van der Waals surface area contributed by atoms with E-state index < -0.39 is 60.1 Å². The van der Waals surface area contributed by atoms with Gasteiger partial charge in [0.05, 0.1) is 11.5 Å². The van der Waals surface area contributed by atoms with E-state index in [0.29, 0.717) is 0 Å². The first-order chi connectivity index (χ1) is 15.5. The molecule has 1 unspecified atom stereocenters. The van der Waals surface area contributed by atoms with Crippen LogP contribution >= 0.6 is 7.37 Å². The summed E-state index contributed by atoms with van der Waals surface area (Å²) >= 11 is 0. The SMILES string of the molecule is Cc1ccc(S(=O)(=O)O[C@H]2[C@H]3OC(C)(C)O[C@H]3[C@@H]([C@H](O)CO)OP2(=O)c2ccccc2)cc1. The summed E-state index contributed by atoms with van der Waals surface area (Å²) in [6, 6.07) is 14.1. The minimum Gasteiger partial charge on any atom is -0.394 e. The summed E-state index contributed by atoms with van der Waals surface area (Å²) in [6.45, 7) is 4.35. The normalized spacial score (nSPS) is 32.3. The van der Waals surface area contributed by atoms with Crippen molar-refractivity contribution in [2.45, 2.75) is 61.7 Å². The van der Waals surface area contributed by atoms with Crippen molar-refractivity contribution in [2.75, 3.05) is 6.61 Å². The fourth-order valence-corrected chi connectivity index (χ4v) is 8.13. The van der Waals surface area contributed by atoms with Crippen molar-refractivity contribution in [3.63, 3.8) is 0 Å². The lowest BCUT2D eigenvalue weighted by Crippen LogP contribution is -2.56. The number of ether oxygens (including phenoxy) is 2. The van der Waals surface area contributed by atoms with Crippen LogP contribution in [-0.2, 0) is 32.9 Å². The van der Waals surface area contributed by atoms with Gasteiger partial charge in [-0.25, -0.2) is 4.18 Å². The largest absolute Gasteiger partial charge is 0.394 e. The molecular weight excluding hydrogens is 471 g/mol. The standard InChI is InChI=1S/C22H27O9PS/c1-14-9-11-16(12-10-14)33(26,27)31-21-20-19(28-22(2,3)29-20)18(17(24)13-23)30-32(21,25)15-7-5-4-6-8-15/h4-12,17-21,23-24H,13H2,1-3H3/t17-,18-,19+,20+,21-,32?/m1/s1. The molecule has 33 heavy (non-hydrogen) atoms. The molecule has 2 aromatic rings. The first-order valence-electron chi connectivity index (χ1n) is 10.5. The van der Waals surface area contributed by atoms with Crippen LogP contribution in [0.15, 0.2) is 59.5 Å². The van der Waals surface area contributed by atoms with E-state index in [-0.39, 0.29) is 10.2 Å². The fraction of sp³-hybridized carbons (Fsp3) is 0.455. The van der Waals surface area contributed by atoms with Crippen LogP contribution in [0, 0.1) is 6.92 Å². The van der Waals surface area contributed by atoms with Crippen LogP contribution in [0.4, 0.5) is 0 Å². The third-order valence-electron chi connectivity index (χ3n) is 5.60. The van der Waals surface area contributed by atoms with Crippen LogP contribution in [0.25, 0.3) is 0 Å². The molecule has 2 aliphatic heterocycles. The zero-order valence-electron chi connectivity index (χ0n) is 18.4. The molecule has 0 saturated carbocycles. The van der Waals surface area contributed by atoms with Gasteiger partial charge in [-0.2, -0.15) is 8.42 Å². The van der Waals surface area contributed by atoms with Gasteiger partial charge in [0.15, 0.2) is 11.6 Å². The Labute approximate surface area is 192 Å². The highest BCUT2D eigenvalue weighted by atomic mass is 32.2. The van der Waals surface area contributed by atoms with Crippen LogP contribution < -0.4 is 5.30 Å². The van der Waals surface area contributed by atoms with E-state index in [0.717, 1.165) is 5.56 Å². The van der Waals surface area contributed by atoms with Gasteiger partial charge in [-0.3, -0.25) is 4.57 Å². The molecule has 2 heterocycles. The van der Waals surface area contributed by atoms with Gasteiger partial charge in [-0.05, 0) is 45.0 Å². The number of rotatable bonds is 6. The third kappa shape index (κ3) is 4.67. The molecule has 11 heteroatoms. The van der Waals surface area contributed by atoms with Gasteiger partial charge in [-0.15, -0.1) is 0 Å². The van der Waals surface area contributed by atoms with Gasteiger partial charge >= 0.3 is 0 Å². The number of benzene rings is 2. The Hall–Kier alpha value is -1.62. The van der Waals surface area contributed by atoms with Crippen LogP contribution in [0.5, 0.6) is 0 Å². The molecule has 2 fully saturated rings. The van der Waals surface area contributed by atoms with E-state index in [1.165, 1.54) is 24.3 Å². The molecule has 2 N–H and O–H groups in total.